The number of pyridine rings is 2. The fourth-order valence-electron chi connectivity index (χ4n) is 1.80. The maximum atomic E-state index is 2.24. The van der Waals surface area contributed by atoms with E-state index in [0.29, 0.717) is 0 Å². The van der Waals surface area contributed by atoms with Crippen molar-refractivity contribution in [3.05, 3.63) is 60.2 Å². The van der Waals surface area contributed by atoms with Gasteiger partial charge < -0.3 is 0 Å². The van der Waals surface area contributed by atoms with Gasteiger partial charge in [-0.3, -0.25) is 0 Å². The second-order valence-electron chi connectivity index (χ2n) is 4.58. The van der Waals surface area contributed by atoms with Crippen molar-refractivity contribution in [1.29, 1.82) is 0 Å². The van der Waals surface area contributed by atoms with E-state index in [1.165, 1.54) is 11.1 Å². The fourth-order valence-corrected chi connectivity index (χ4v) is 1.80. The SMILES string of the molecule is Cc1cc[n+](CCC[n+]2ccc(C)cc2)cc1. The smallest absolute Gasteiger partial charge is 0.169 e. The van der Waals surface area contributed by atoms with E-state index in [9.17, 15) is 0 Å². The van der Waals surface area contributed by atoms with Gasteiger partial charge in [0.25, 0.3) is 0 Å². The molecule has 0 unspecified atom stereocenters. The summed E-state index contributed by atoms with van der Waals surface area (Å²) in [5, 5.41) is 0. The molecule has 0 saturated heterocycles. The Balaban J connectivity index is 1.83. The molecule has 0 saturated carbocycles. The lowest BCUT2D eigenvalue weighted by atomic mass is 10.3. The van der Waals surface area contributed by atoms with Crippen LogP contribution in [-0.2, 0) is 13.1 Å². The van der Waals surface area contributed by atoms with Crippen LogP contribution in [0.4, 0.5) is 0 Å². The number of hydrogen-bond acceptors (Lipinski definition) is 0. The van der Waals surface area contributed by atoms with Gasteiger partial charge in [0.15, 0.2) is 37.9 Å². The predicted molar refractivity (Wildman–Crippen MR) is 67.4 cm³/mol. The lowest BCUT2D eigenvalue weighted by Crippen LogP contribution is -2.38. The Morgan fingerprint density at radius 2 is 1.06 bits per heavy atom. The van der Waals surface area contributed by atoms with E-state index in [0.717, 1.165) is 19.5 Å². The lowest BCUT2D eigenvalue weighted by Gasteiger charge is -1.97. The molecule has 2 rings (SSSR count). The highest BCUT2D eigenvalue weighted by molar-refractivity contribution is 5.03. The minimum absolute atomic E-state index is 1.07. The van der Waals surface area contributed by atoms with Crippen molar-refractivity contribution in [2.24, 2.45) is 0 Å². The van der Waals surface area contributed by atoms with E-state index in [4.69, 9.17) is 0 Å². The zero-order valence-electron chi connectivity index (χ0n) is 10.6. The quantitative estimate of drug-likeness (QED) is 0.707. The second kappa shape index (κ2) is 5.58. The van der Waals surface area contributed by atoms with E-state index in [-0.39, 0.29) is 0 Å². The van der Waals surface area contributed by atoms with Gasteiger partial charge in [-0.2, -0.15) is 0 Å². The standard InChI is InChI=1S/C15H20N2/c1-14-4-10-16(11-5-14)8-3-9-17-12-6-15(2)7-13-17/h4-7,10-13H,3,8-9H2,1-2H3/q+2. The zero-order valence-corrected chi connectivity index (χ0v) is 10.6. The Bertz CT molecular complexity index is 412. The summed E-state index contributed by atoms with van der Waals surface area (Å²) < 4.78 is 4.48. The second-order valence-corrected chi connectivity index (χ2v) is 4.58. The molecule has 0 amide bonds. The van der Waals surface area contributed by atoms with Gasteiger partial charge in [-0.1, -0.05) is 0 Å². The van der Waals surface area contributed by atoms with Crippen LogP contribution in [0, 0.1) is 13.8 Å². The summed E-state index contributed by atoms with van der Waals surface area (Å²) in [7, 11) is 0. The first-order valence-electron chi connectivity index (χ1n) is 6.15. The molecule has 0 radical (unpaired) electrons. The maximum Gasteiger partial charge on any atom is 0.169 e. The highest BCUT2D eigenvalue weighted by atomic mass is 15.0. The summed E-state index contributed by atoms with van der Waals surface area (Å²) in [5.74, 6) is 0. The maximum absolute atomic E-state index is 2.24. The lowest BCUT2D eigenvalue weighted by molar-refractivity contribution is -0.727. The van der Waals surface area contributed by atoms with Gasteiger partial charge in [-0.05, 0) is 25.0 Å². The number of hydrogen-bond donors (Lipinski definition) is 0. The summed E-state index contributed by atoms with van der Waals surface area (Å²) in [6, 6.07) is 8.61. The van der Waals surface area contributed by atoms with Crippen LogP contribution in [0.5, 0.6) is 0 Å². The van der Waals surface area contributed by atoms with Crippen molar-refractivity contribution in [2.75, 3.05) is 0 Å². The summed E-state index contributed by atoms with van der Waals surface area (Å²) in [4.78, 5) is 0. The molecule has 0 aliphatic carbocycles. The molecule has 0 aliphatic heterocycles. The molecule has 2 heterocycles. The molecular weight excluding hydrogens is 208 g/mol. The van der Waals surface area contributed by atoms with Crippen LogP contribution in [-0.4, -0.2) is 0 Å². The van der Waals surface area contributed by atoms with Gasteiger partial charge in [-0.15, -0.1) is 0 Å². The molecule has 2 aromatic rings. The molecule has 2 heteroatoms. The van der Waals surface area contributed by atoms with E-state index in [2.05, 4.69) is 72.0 Å². The Labute approximate surface area is 103 Å². The van der Waals surface area contributed by atoms with Crippen molar-refractivity contribution < 1.29 is 9.13 Å². The van der Waals surface area contributed by atoms with Gasteiger partial charge in [0.2, 0.25) is 0 Å². The average Bonchev–Trinajstić information content (AvgIpc) is 2.34. The number of aromatic nitrogens is 2. The van der Waals surface area contributed by atoms with Crippen molar-refractivity contribution in [3.8, 4) is 0 Å². The first-order valence-corrected chi connectivity index (χ1v) is 6.15. The molecule has 0 atom stereocenters. The molecule has 17 heavy (non-hydrogen) atoms. The number of rotatable bonds is 4. The molecule has 0 spiro atoms. The van der Waals surface area contributed by atoms with Gasteiger partial charge >= 0.3 is 0 Å². The largest absolute Gasteiger partial charge is 0.205 e. The Kier molecular flexibility index (Phi) is 3.86. The Hall–Kier alpha value is -1.70. The van der Waals surface area contributed by atoms with Crippen molar-refractivity contribution in [3.63, 3.8) is 0 Å². The summed E-state index contributed by atoms with van der Waals surface area (Å²) in [6.45, 7) is 6.38. The minimum atomic E-state index is 1.07. The summed E-state index contributed by atoms with van der Waals surface area (Å²) in [5.41, 5.74) is 2.63. The van der Waals surface area contributed by atoms with Crippen LogP contribution in [0.1, 0.15) is 17.5 Å². The minimum Gasteiger partial charge on any atom is -0.205 e. The first kappa shape index (κ1) is 11.8. The Morgan fingerprint density at radius 3 is 1.41 bits per heavy atom. The van der Waals surface area contributed by atoms with Crippen molar-refractivity contribution in [2.45, 2.75) is 33.4 Å². The van der Waals surface area contributed by atoms with Gasteiger partial charge in [-0.25, -0.2) is 9.13 Å². The van der Waals surface area contributed by atoms with Crippen LogP contribution in [0.3, 0.4) is 0 Å². The Morgan fingerprint density at radius 1 is 0.706 bits per heavy atom. The van der Waals surface area contributed by atoms with Gasteiger partial charge in [0.1, 0.15) is 0 Å². The van der Waals surface area contributed by atoms with E-state index >= 15 is 0 Å². The van der Waals surface area contributed by atoms with Crippen LogP contribution < -0.4 is 9.13 Å². The van der Waals surface area contributed by atoms with Gasteiger partial charge in [0.05, 0.1) is 6.42 Å². The predicted octanol–water partition coefficient (Wildman–Crippen LogP) is 1.97. The van der Waals surface area contributed by atoms with E-state index < -0.39 is 0 Å². The third-order valence-corrected chi connectivity index (χ3v) is 2.95. The highest BCUT2D eigenvalue weighted by Gasteiger charge is 2.03. The zero-order chi connectivity index (χ0) is 12.1. The van der Waals surface area contributed by atoms with Crippen LogP contribution >= 0.6 is 0 Å². The van der Waals surface area contributed by atoms with Crippen molar-refractivity contribution in [1.82, 2.24) is 0 Å². The molecule has 88 valence electrons. The van der Waals surface area contributed by atoms with E-state index in [1.807, 2.05) is 0 Å². The molecule has 0 aliphatic rings. The first-order chi connectivity index (χ1) is 8.24. The van der Waals surface area contributed by atoms with Crippen molar-refractivity contribution >= 4 is 0 Å². The monoisotopic (exact) mass is 228 g/mol. The summed E-state index contributed by atoms with van der Waals surface area (Å²) in [6.07, 6.45) is 9.75. The molecule has 0 aromatic carbocycles. The molecule has 0 bridgehead atoms. The molecule has 2 nitrogen and oxygen atoms in total. The molecule has 2 aromatic heterocycles. The topological polar surface area (TPSA) is 7.76 Å². The van der Waals surface area contributed by atoms with Crippen LogP contribution in [0.25, 0.3) is 0 Å². The van der Waals surface area contributed by atoms with Crippen LogP contribution in [0.15, 0.2) is 49.1 Å². The average molecular weight is 228 g/mol. The fraction of sp³-hybridized carbons (Fsp3) is 0.333. The van der Waals surface area contributed by atoms with E-state index in [1.54, 1.807) is 0 Å². The van der Waals surface area contributed by atoms with Crippen LogP contribution in [0.2, 0.25) is 0 Å². The number of aryl methyl sites for hydroxylation is 4. The molecular formula is C15H20N2+2. The normalized spacial score (nSPS) is 10.5. The van der Waals surface area contributed by atoms with Gasteiger partial charge in [0, 0.05) is 24.3 Å². The molecule has 0 fully saturated rings. The third-order valence-electron chi connectivity index (χ3n) is 2.95. The summed E-state index contributed by atoms with van der Waals surface area (Å²) >= 11 is 0. The third kappa shape index (κ3) is 3.66. The molecule has 0 N–H and O–H groups in total. The highest BCUT2D eigenvalue weighted by Crippen LogP contribution is 1.92. The number of nitrogens with zero attached hydrogens (tertiary/aromatic N) is 2.